The maximum Gasteiger partial charge on any atom is 0.332 e. The van der Waals surface area contributed by atoms with Crippen molar-refractivity contribution in [2.75, 3.05) is 29.9 Å². The third-order valence-corrected chi connectivity index (χ3v) is 4.05. The summed E-state index contributed by atoms with van der Waals surface area (Å²) in [6, 6.07) is 0. The second-order valence-corrected chi connectivity index (χ2v) is 5.43. The normalized spacial score (nSPS) is 16.0. The van der Waals surface area contributed by atoms with Crippen LogP contribution in [0.2, 0.25) is 0 Å². The Morgan fingerprint density at radius 3 is 2.52 bits per heavy atom. The highest BCUT2D eigenvalue weighted by Gasteiger charge is 2.29. The van der Waals surface area contributed by atoms with E-state index in [1.54, 1.807) is 6.92 Å². The van der Waals surface area contributed by atoms with Crippen LogP contribution in [0.15, 0.2) is 0 Å². The first-order valence-corrected chi connectivity index (χ1v) is 7.58. The molecule has 1 aromatic rings. The molecular formula is C14H23N5O2. The number of nitrogens with zero attached hydrogens (tertiary/aromatic N) is 4. The van der Waals surface area contributed by atoms with Crippen molar-refractivity contribution in [2.45, 2.75) is 40.0 Å². The molecule has 1 saturated heterocycles. The fraction of sp³-hybridized carbons (Fsp3) is 0.714. The summed E-state index contributed by atoms with van der Waals surface area (Å²) in [5.41, 5.74) is 0.449. The van der Waals surface area contributed by atoms with E-state index in [1.165, 1.54) is 6.42 Å². The van der Waals surface area contributed by atoms with E-state index < -0.39 is 0 Å². The smallest absolute Gasteiger partial charge is 0.332 e. The number of aromatic nitrogens is 2. The predicted octanol–water partition coefficient (Wildman–Crippen LogP) is 2.75. The molecular weight excluding hydrogens is 270 g/mol. The average molecular weight is 293 g/mol. The Morgan fingerprint density at radius 1 is 1.33 bits per heavy atom. The molecule has 0 aliphatic carbocycles. The van der Waals surface area contributed by atoms with Crippen molar-refractivity contribution < 1.29 is 4.92 Å². The van der Waals surface area contributed by atoms with Gasteiger partial charge in [-0.05, 0) is 32.6 Å². The maximum absolute atomic E-state index is 11.4. The molecule has 2 rings (SSSR count). The Hall–Kier alpha value is -1.92. The minimum atomic E-state index is -0.369. The lowest BCUT2D eigenvalue weighted by Crippen LogP contribution is -2.35. The molecule has 1 N–H and O–H groups in total. The number of piperidine rings is 1. The van der Waals surface area contributed by atoms with Gasteiger partial charge >= 0.3 is 5.69 Å². The van der Waals surface area contributed by atoms with Gasteiger partial charge in [0, 0.05) is 19.6 Å². The van der Waals surface area contributed by atoms with Crippen LogP contribution in [0, 0.1) is 23.0 Å². The number of aryl methyl sites for hydroxylation is 1. The lowest BCUT2D eigenvalue weighted by Gasteiger charge is -2.32. The van der Waals surface area contributed by atoms with E-state index in [0.717, 1.165) is 31.8 Å². The largest absolute Gasteiger partial charge is 0.354 e. The van der Waals surface area contributed by atoms with Gasteiger partial charge in [-0.2, -0.15) is 4.98 Å². The summed E-state index contributed by atoms with van der Waals surface area (Å²) in [5.74, 6) is 1.64. The minimum Gasteiger partial charge on any atom is -0.354 e. The van der Waals surface area contributed by atoms with E-state index in [4.69, 9.17) is 0 Å². The van der Waals surface area contributed by atoms with Gasteiger partial charge in [0.05, 0.1) is 4.92 Å². The molecule has 1 fully saturated rings. The van der Waals surface area contributed by atoms with Crippen LogP contribution in [0.1, 0.15) is 38.8 Å². The Balaban J connectivity index is 2.33. The number of rotatable bonds is 5. The van der Waals surface area contributed by atoms with Gasteiger partial charge in [-0.1, -0.05) is 13.3 Å². The van der Waals surface area contributed by atoms with Gasteiger partial charge in [0.25, 0.3) is 0 Å². The fourth-order valence-corrected chi connectivity index (χ4v) is 2.78. The highest BCUT2D eigenvalue weighted by molar-refractivity contribution is 5.62. The molecule has 0 unspecified atom stereocenters. The van der Waals surface area contributed by atoms with Crippen LogP contribution in [0.3, 0.4) is 0 Å². The van der Waals surface area contributed by atoms with E-state index in [1.807, 2.05) is 11.8 Å². The van der Waals surface area contributed by atoms with Crippen LogP contribution >= 0.6 is 0 Å². The van der Waals surface area contributed by atoms with Crippen molar-refractivity contribution in [1.82, 2.24) is 9.97 Å². The van der Waals surface area contributed by atoms with Gasteiger partial charge in [0.1, 0.15) is 5.69 Å². The molecule has 0 radical (unpaired) electrons. The summed E-state index contributed by atoms with van der Waals surface area (Å²) in [6.07, 6.45) is 3.29. The highest BCUT2D eigenvalue weighted by atomic mass is 16.6. The predicted molar refractivity (Wildman–Crippen MR) is 82.8 cm³/mol. The highest BCUT2D eigenvalue weighted by Crippen LogP contribution is 2.33. The molecule has 7 heteroatoms. The summed E-state index contributed by atoms with van der Waals surface area (Å²) < 4.78 is 0. The lowest BCUT2D eigenvalue weighted by molar-refractivity contribution is -0.385. The third-order valence-electron chi connectivity index (χ3n) is 4.05. The number of hydrogen-bond acceptors (Lipinski definition) is 6. The van der Waals surface area contributed by atoms with Gasteiger partial charge in [-0.3, -0.25) is 10.1 Å². The maximum atomic E-state index is 11.4. The number of nitro groups is 1. The molecule has 0 bridgehead atoms. The first-order chi connectivity index (χ1) is 10.1. The molecule has 2 heterocycles. The molecule has 21 heavy (non-hydrogen) atoms. The first-order valence-electron chi connectivity index (χ1n) is 7.58. The van der Waals surface area contributed by atoms with Crippen molar-refractivity contribution in [3.05, 3.63) is 15.8 Å². The third kappa shape index (κ3) is 3.40. The van der Waals surface area contributed by atoms with Gasteiger partial charge < -0.3 is 10.2 Å². The topological polar surface area (TPSA) is 84.2 Å². The van der Waals surface area contributed by atoms with Crippen molar-refractivity contribution in [2.24, 2.45) is 5.92 Å². The van der Waals surface area contributed by atoms with Crippen molar-refractivity contribution >= 4 is 17.5 Å². The number of nitrogens with one attached hydrogen (secondary N) is 1. The Kier molecular flexibility index (Phi) is 4.93. The van der Waals surface area contributed by atoms with Crippen molar-refractivity contribution in [1.29, 1.82) is 0 Å². The lowest BCUT2D eigenvalue weighted by atomic mass is 9.94. The molecule has 0 aromatic carbocycles. The number of anilines is 2. The molecule has 0 spiro atoms. The van der Waals surface area contributed by atoms with Crippen molar-refractivity contribution in [3.63, 3.8) is 0 Å². The van der Waals surface area contributed by atoms with E-state index in [9.17, 15) is 10.1 Å². The van der Waals surface area contributed by atoms with E-state index in [-0.39, 0.29) is 10.6 Å². The minimum absolute atomic E-state index is 0.0339. The summed E-state index contributed by atoms with van der Waals surface area (Å²) in [5, 5.41) is 14.4. The quantitative estimate of drug-likeness (QED) is 0.663. The monoisotopic (exact) mass is 293 g/mol. The van der Waals surface area contributed by atoms with Crippen LogP contribution in [-0.4, -0.2) is 34.5 Å². The zero-order valence-electron chi connectivity index (χ0n) is 12.9. The van der Waals surface area contributed by atoms with Crippen LogP contribution in [0.5, 0.6) is 0 Å². The second kappa shape index (κ2) is 6.69. The van der Waals surface area contributed by atoms with Crippen LogP contribution in [0.25, 0.3) is 0 Å². The van der Waals surface area contributed by atoms with Gasteiger partial charge in [-0.25, -0.2) is 4.98 Å². The van der Waals surface area contributed by atoms with Gasteiger partial charge in [0.15, 0.2) is 0 Å². The Labute approximate surface area is 124 Å². The van der Waals surface area contributed by atoms with Gasteiger partial charge in [-0.15, -0.1) is 0 Å². The molecule has 116 valence electrons. The summed E-state index contributed by atoms with van der Waals surface area (Å²) in [7, 11) is 0. The summed E-state index contributed by atoms with van der Waals surface area (Å²) in [6.45, 7) is 8.15. The average Bonchev–Trinajstić information content (AvgIpc) is 2.46. The first kappa shape index (κ1) is 15.5. The molecule has 7 nitrogen and oxygen atoms in total. The Morgan fingerprint density at radius 2 is 2.00 bits per heavy atom. The molecule has 1 aliphatic heterocycles. The zero-order valence-corrected chi connectivity index (χ0v) is 12.9. The SMILES string of the molecule is CCNc1nc(C)c([N+](=O)[O-])c(N2CCC(CC)CC2)n1. The zero-order chi connectivity index (χ0) is 15.4. The molecule has 0 amide bonds. The number of hydrogen-bond donors (Lipinski definition) is 1. The summed E-state index contributed by atoms with van der Waals surface area (Å²) >= 11 is 0. The molecule has 0 saturated carbocycles. The molecule has 1 aromatic heterocycles. The van der Waals surface area contributed by atoms with Crippen LogP contribution in [0.4, 0.5) is 17.5 Å². The van der Waals surface area contributed by atoms with Crippen LogP contribution in [-0.2, 0) is 0 Å². The molecule has 1 aliphatic rings. The summed E-state index contributed by atoms with van der Waals surface area (Å²) in [4.78, 5) is 21.6. The van der Waals surface area contributed by atoms with E-state index in [0.29, 0.717) is 24.0 Å². The van der Waals surface area contributed by atoms with Crippen molar-refractivity contribution in [3.8, 4) is 0 Å². The fourth-order valence-electron chi connectivity index (χ4n) is 2.78. The molecule has 0 atom stereocenters. The Bertz CT molecular complexity index is 512. The van der Waals surface area contributed by atoms with Gasteiger partial charge in [0.2, 0.25) is 11.8 Å². The van der Waals surface area contributed by atoms with E-state index >= 15 is 0 Å². The van der Waals surface area contributed by atoms with Crippen LogP contribution < -0.4 is 10.2 Å². The van der Waals surface area contributed by atoms with E-state index in [2.05, 4.69) is 22.2 Å². The standard InChI is InChI=1S/C14H23N5O2/c1-4-11-6-8-18(9-7-11)13-12(19(20)21)10(3)16-14(17-13)15-5-2/h11H,4-9H2,1-3H3,(H,15,16,17). The second-order valence-electron chi connectivity index (χ2n) is 5.43.